The second-order valence-corrected chi connectivity index (χ2v) is 5.21. The third kappa shape index (κ3) is 4.64. The Kier molecular flexibility index (Phi) is 5.92. The third-order valence-corrected chi connectivity index (χ3v) is 3.58. The Hall–Kier alpha value is -0.610. The van der Waals surface area contributed by atoms with Gasteiger partial charge in [0.05, 0.1) is 12.1 Å². The normalized spacial score (nSPS) is 27.8. The van der Waals surface area contributed by atoms with Crippen LogP contribution in [0.4, 0.5) is 0 Å². The summed E-state index contributed by atoms with van der Waals surface area (Å²) >= 11 is 0. The van der Waals surface area contributed by atoms with Gasteiger partial charge in [0.25, 0.3) is 0 Å². The lowest BCUT2D eigenvalue weighted by molar-refractivity contribution is -0.123. The first-order valence-electron chi connectivity index (χ1n) is 6.63. The van der Waals surface area contributed by atoms with Gasteiger partial charge in [-0.15, -0.1) is 0 Å². The van der Waals surface area contributed by atoms with Crippen LogP contribution in [-0.2, 0) is 9.53 Å². The van der Waals surface area contributed by atoms with Crippen LogP contribution in [0.3, 0.4) is 0 Å². The smallest absolute Gasteiger partial charge is 0.237 e. The number of hydrogen-bond acceptors (Lipinski definition) is 3. The van der Waals surface area contributed by atoms with Crippen molar-refractivity contribution in [2.75, 3.05) is 13.7 Å². The number of ether oxygens (including phenoxy) is 1. The van der Waals surface area contributed by atoms with E-state index in [4.69, 9.17) is 4.74 Å². The highest BCUT2D eigenvalue weighted by Gasteiger charge is 2.29. The van der Waals surface area contributed by atoms with Crippen molar-refractivity contribution in [1.82, 2.24) is 10.6 Å². The van der Waals surface area contributed by atoms with Crippen molar-refractivity contribution < 1.29 is 9.53 Å². The number of carbonyl (C=O) groups excluding carboxylic acids is 1. The van der Waals surface area contributed by atoms with E-state index in [1.165, 1.54) is 0 Å². The van der Waals surface area contributed by atoms with Gasteiger partial charge in [0.1, 0.15) is 0 Å². The molecule has 0 aromatic rings. The van der Waals surface area contributed by atoms with Crippen LogP contribution in [-0.4, -0.2) is 37.7 Å². The van der Waals surface area contributed by atoms with Gasteiger partial charge in [-0.1, -0.05) is 20.3 Å². The number of hydrogen-bond donors (Lipinski definition) is 2. The van der Waals surface area contributed by atoms with Crippen LogP contribution >= 0.6 is 0 Å². The van der Waals surface area contributed by atoms with Crippen molar-refractivity contribution in [3.8, 4) is 0 Å². The van der Waals surface area contributed by atoms with Crippen molar-refractivity contribution in [2.45, 2.75) is 58.2 Å². The monoisotopic (exact) mass is 242 g/mol. The lowest BCUT2D eigenvalue weighted by Crippen LogP contribution is -2.44. The minimum atomic E-state index is -0.0840. The molecular formula is C13H26N2O2. The highest BCUT2D eigenvalue weighted by molar-refractivity contribution is 5.82. The van der Waals surface area contributed by atoms with Gasteiger partial charge < -0.3 is 15.4 Å². The van der Waals surface area contributed by atoms with Gasteiger partial charge in [-0.25, -0.2) is 0 Å². The Morgan fingerprint density at radius 3 is 2.76 bits per heavy atom. The summed E-state index contributed by atoms with van der Waals surface area (Å²) in [5.74, 6) is 0.772. The molecule has 4 unspecified atom stereocenters. The van der Waals surface area contributed by atoms with Gasteiger partial charge >= 0.3 is 0 Å². The van der Waals surface area contributed by atoms with Gasteiger partial charge in [-0.3, -0.25) is 4.79 Å². The van der Waals surface area contributed by atoms with Gasteiger partial charge in [0, 0.05) is 19.7 Å². The molecule has 0 aromatic carbocycles. The van der Waals surface area contributed by atoms with Gasteiger partial charge in [0.2, 0.25) is 5.91 Å². The lowest BCUT2D eigenvalue weighted by Gasteiger charge is -2.19. The van der Waals surface area contributed by atoms with Crippen LogP contribution in [0, 0.1) is 5.92 Å². The summed E-state index contributed by atoms with van der Waals surface area (Å²) in [5, 5.41) is 6.27. The molecule has 2 N–H and O–H groups in total. The van der Waals surface area contributed by atoms with Crippen molar-refractivity contribution >= 4 is 5.91 Å². The molecule has 1 rings (SSSR count). The van der Waals surface area contributed by atoms with Crippen molar-refractivity contribution in [1.29, 1.82) is 0 Å². The predicted octanol–water partition coefficient (Wildman–Crippen LogP) is 1.30. The first-order chi connectivity index (χ1) is 8.06. The molecule has 1 aliphatic rings. The molecule has 1 aliphatic heterocycles. The molecule has 100 valence electrons. The average molecular weight is 242 g/mol. The summed E-state index contributed by atoms with van der Waals surface area (Å²) in [6, 6.07) is 0.167. The number of carbonyl (C=O) groups is 1. The van der Waals surface area contributed by atoms with E-state index in [0.717, 1.165) is 25.8 Å². The number of rotatable bonds is 6. The Morgan fingerprint density at radius 1 is 1.53 bits per heavy atom. The Bertz CT molecular complexity index is 246. The van der Waals surface area contributed by atoms with E-state index in [9.17, 15) is 4.79 Å². The molecule has 4 atom stereocenters. The zero-order valence-electron chi connectivity index (χ0n) is 11.5. The summed E-state index contributed by atoms with van der Waals surface area (Å²) in [4.78, 5) is 12.0. The van der Waals surface area contributed by atoms with Crippen molar-refractivity contribution in [3.05, 3.63) is 0 Å². The Labute approximate surface area is 104 Å². The molecule has 4 nitrogen and oxygen atoms in total. The second kappa shape index (κ2) is 6.97. The van der Waals surface area contributed by atoms with Gasteiger partial charge in [0.15, 0.2) is 0 Å². The molecule has 1 heterocycles. The standard InChI is InChI=1S/C13H26N2O2/c1-5-9(2)6-10(3)15-13(16)12-7-11(17-4)8-14-12/h9-12,14H,5-8H2,1-4H3,(H,15,16). The fraction of sp³-hybridized carbons (Fsp3) is 0.923. The molecule has 4 heteroatoms. The van der Waals surface area contributed by atoms with E-state index in [2.05, 4.69) is 31.4 Å². The largest absolute Gasteiger partial charge is 0.380 e. The van der Waals surface area contributed by atoms with Gasteiger partial charge in [-0.2, -0.15) is 0 Å². The first kappa shape index (κ1) is 14.5. The predicted molar refractivity (Wildman–Crippen MR) is 68.9 cm³/mol. The maximum absolute atomic E-state index is 12.0. The fourth-order valence-corrected chi connectivity index (χ4v) is 2.26. The van der Waals surface area contributed by atoms with Crippen LogP contribution in [0.2, 0.25) is 0 Å². The molecule has 1 amide bonds. The van der Waals surface area contributed by atoms with Crippen LogP contribution < -0.4 is 10.6 Å². The minimum absolute atomic E-state index is 0.0840. The maximum Gasteiger partial charge on any atom is 0.237 e. The van der Waals surface area contributed by atoms with E-state index in [-0.39, 0.29) is 24.1 Å². The zero-order chi connectivity index (χ0) is 12.8. The second-order valence-electron chi connectivity index (χ2n) is 5.21. The summed E-state index contributed by atoms with van der Waals surface area (Å²) in [5.41, 5.74) is 0. The quantitative estimate of drug-likeness (QED) is 0.738. The summed E-state index contributed by atoms with van der Waals surface area (Å²) in [6.07, 6.45) is 3.16. The van der Waals surface area contributed by atoms with E-state index < -0.39 is 0 Å². The Balaban J connectivity index is 2.29. The number of nitrogens with one attached hydrogen (secondary N) is 2. The van der Waals surface area contributed by atoms with E-state index >= 15 is 0 Å². The van der Waals surface area contributed by atoms with Crippen LogP contribution in [0.25, 0.3) is 0 Å². The summed E-state index contributed by atoms with van der Waals surface area (Å²) < 4.78 is 5.24. The molecule has 0 bridgehead atoms. The first-order valence-corrected chi connectivity index (χ1v) is 6.63. The Morgan fingerprint density at radius 2 is 2.24 bits per heavy atom. The minimum Gasteiger partial charge on any atom is -0.380 e. The van der Waals surface area contributed by atoms with E-state index in [0.29, 0.717) is 5.92 Å². The van der Waals surface area contributed by atoms with Gasteiger partial charge in [-0.05, 0) is 25.7 Å². The molecule has 0 saturated carbocycles. The van der Waals surface area contributed by atoms with Crippen LogP contribution in [0.15, 0.2) is 0 Å². The average Bonchev–Trinajstić information content (AvgIpc) is 2.77. The molecule has 0 spiro atoms. The number of amides is 1. The fourth-order valence-electron chi connectivity index (χ4n) is 2.26. The van der Waals surface area contributed by atoms with E-state index in [1.54, 1.807) is 7.11 Å². The SMILES string of the molecule is CCC(C)CC(C)NC(=O)C1CC(OC)CN1. The third-order valence-electron chi connectivity index (χ3n) is 3.58. The molecule has 1 fully saturated rings. The van der Waals surface area contributed by atoms with E-state index in [1.807, 2.05) is 0 Å². The molecule has 1 saturated heterocycles. The van der Waals surface area contributed by atoms with Crippen molar-refractivity contribution in [3.63, 3.8) is 0 Å². The topological polar surface area (TPSA) is 50.4 Å². The lowest BCUT2D eigenvalue weighted by atomic mass is 10.00. The van der Waals surface area contributed by atoms with Crippen molar-refractivity contribution in [2.24, 2.45) is 5.92 Å². The molecule has 0 aliphatic carbocycles. The van der Waals surface area contributed by atoms with Crippen LogP contribution in [0.5, 0.6) is 0 Å². The zero-order valence-corrected chi connectivity index (χ0v) is 11.5. The summed E-state index contributed by atoms with van der Waals surface area (Å²) in [6.45, 7) is 7.25. The summed E-state index contributed by atoms with van der Waals surface area (Å²) in [7, 11) is 1.69. The molecule has 0 radical (unpaired) electrons. The van der Waals surface area contributed by atoms with Crippen LogP contribution in [0.1, 0.15) is 40.0 Å². The molecular weight excluding hydrogens is 216 g/mol. The highest BCUT2D eigenvalue weighted by Crippen LogP contribution is 2.12. The highest BCUT2D eigenvalue weighted by atomic mass is 16.5. The maximum atomic E-state index is 12.0. The molecule has 0 aromatic heterocycles. The molecule has 17 heavy (non-hydrogen) atoms. The number of methoxy groups -OCH3 is 1.